The van der Waals surface area contributed by atoms with Gasteiger partial charge in [0, 0.05) is 22.2 Å². The number of aromatic nitrogens is 1. The Morgan fingerprint density at radius 3 is 2.73 bits per heavy atom. The van der Waals surface area contributed by atoms with Crippen molar-refractivity contribution in [2.45, 2.75) is 0 Å². The van der Waals surface area contributed by atoms with E-state index < -0.39 is 0 Å². The molecule has 4 nitrogen and oxygen atoms in total. The molecule has 3 aromatic rings. The predicted molar refractivity (Wildman–Crippen MR) is 89.3 cm³/mol. The summed E-state index contributed by atoms with van der Waals surface area (Å²) in [4.78, 5) is 16.4. The summed E-state index contributed by atoms with van der Waals surface area (Å²) in [6.07, 6.45) is 1.71. The second-order valence-corrected chi connectivity index (χ2v) is 5.46. The Hall–Kier alpha value is -2.30. The van der Waals surface area contributed by atoms with E-state index in [0.717, 1.165) is 10.9 Å². The molecule has 0 saturated heterocycles. The van der Waals surface area contributed by atoms with Crippen molar-refractivity contribution in [2.75, 3.05) is 5.43 Å². The lowest BCUT2D eigenvalue weighted by molar-refractivity contribution is 0.0963. The monoisotopic (exact) mass is 331 g/mol. The number of halogens is 2. The van der Waals surface area contributed by atoms with Crippen LogP contribution < -0.4 is 10.9 Å². The van der Waals surface area contributed by atoms with Gasteiger partial charge in [-0.3, -0.25) is 20.6 Å². The molecule has 0 unspecified atom stereocenters. The van der Waals surface area contributed by atoms with Crippen LogP contribution in [0.2, 0.25) is 10.0 Å². The minimum Gasteiger partial charge on any atom is -0.297 e. The van der Waals surface area contributed by atoms with Crippen molar-refractivity contribution in [3.05, 3.63) is 70.3 Å². The summed E-state index contributed by atoms with van der Waals surface area (Å²) in [5.74, 6) is -0.267. The van der Waals surface area contributed by atoms with Crippen molar-refractivity contribution >= 4 is 45.7 Å². The van der Waals surface area contributed by atoms with Gasteiger partial charge in [0.2, 0.25) is 0 Å². The highest BCUT2D eigenvalue weighted by atomic mass is 35.5. The van der Waals surface area contributed by atoms with Crippen LogP contribution in [0.4, 0.5) is 5.69 Å². The van der Waals surface area contributed by atoms with Gasteiger partial charge in [-0.1, -0.05) is 29.3 Å². The molecule has 0 aliphatic rings. The molecule has 6 heteroatoms. The van der Waals surface area contributed by atoms with Gasteiger partial charge in [-0.05, 0) is 42.5 Å². The zero-order chi connectivity index (χ0) is 15.5. The summed E-state index contributed by atoms with van der Waals surface area (Å²) in [7, 11) is 0. The van der Waals surface area contributed by atoms with Gasteiger partial charge < -0.3 is 0 Å². The number of pyridine rings is 1. The van der Waals surface area contributed by atoms with Crippen LogP contribution in [-0.2, 0) is 0 Å². The van der Waals surface area contributed by atoms with Gasteiger partial charge in [0.1, 0.15) is 0 Å². The van der Waals surface area contributed by atoms with Crippen LogP contribution in [0.15, 0.2) is 54.7 Å². The lowest BCUT2D eigenvalue weighted by atomic mass is 10.1. The number of rotatable bonds is 3. The van der Waals surface area contributed by atoms with Gasteiger partial charge in [-0.2, -0.15) is 0 Å². The average Bonchev–Trinajstić information content (AvgIpc) is 2.53. The van der Waals surface area contributed by atoms with E-state index in [9.17, 15) is 4.79 Å². The van der Waals surface area contributed by atoms with Gasteiger partial charge in [-0.15, -0.1) is 0 Å². The molecule has 0 aliphatic heterocycles. The Bertz CT molecular complexity index is 852. The average molecular weight is 332 g/mol. The number of hydrogen-bond donors (Lipinski definition) is 2. The molecule has 2 N–H and O–H groups in total. The van der Waals surface area contributed by atoms with Crippen LogP contribution in [0, 0.1) is 0 Å². The van der Waals surface area contributed by atoms with Crippen molar-refractivity contribution in [3.8, 4) is 0 Å². The normalized spacial score (nSPS) is 10.5. The van der Waals surface area contributed by atoms with Crippen molar-refractivity contribution < 1.29 is 4.79 Å². The molecule has 22 heavy (non-hydrogen) atoms. The van der Waals surface area contributed by atoms with E-state index in [1.54, 1.807) is 42.6 Å². The molecule has 0 saturated carbocycles. The lowest BCUT2D eigenvalue weighted by Gasteiger charge is -2.10. The maximum absolute atomic E-state index is 12.2. The minimum absolute atomic E-state index is 0.267. The van der Waals surface area contributed by atoms with Gasteiger partial charge >= 0.3 is 0 Å². The van der Waals surface area contributed by atoms with Crippen molar-refractivity contribution in [1.82, 2.24) is 10.4 Å². The molecule has 0 aliphatic carbocycles. The molecule has 1 amide bonds. The van der Waals surface area contributed by atoms with E-state index in [2.05, 4.69) is 15.8 Å². The Kier molecular flexibility index (Phi) is 4.13. The number of fused-ring (bicyclic) bond motifs is 1. The SMILES string of the molecule is O=C(NNc1ccc(Cl)cc1Cl)c1ccc2ncccc2c1. The highest BCUT2D eigenvalue weighted by Gasteiger charge is 2.07. The number of anilines is 1. The van der Waals surface area contributed by atoms with Crippen LogP contribution in [0.3, 0.4) is 0 Å². The van der Waals surface area contributed by atoms with Crippen LogP contribution in [0.5, 0.6) is 0 Å². The summed E-state index contributed by atoms with van der Waals surface area (Å²) in [5.41, 5.74) is 7.32. The lowest BCUT2D eigenvalue weighted by Crippen LogP contribution is -2.29. The first-order valence-electron chi connectivity index (χ1n) is 6.50. The smallest absolute Gasteiger partial charge is 0.269 e. The molecule has 0 radical (unpaired) electrons. The molecule has 1 aromatic heterocycles. The molecule has 0 spiro atoms. The molecule has 0 fully saturated rings. The Balaban J connectivity index is 1.75. The maximum Gasteiger partial charge on any atom is 0.269 e. The van der Waals surface area contributed by atoms with Gasteiger partial charge in [0.25, 0.3) is 5.91 Å². The molecule has 110 valence electrons. The van der Waals surface area contributed by atoms with E-state index in [1.165, 1.54) is 0 Å². The number of nitrogens with zero attached hydrogens (tertiary/aromatic N) is 1. The second kappa shape index (κ2) is 6.22. The molecular formula is C16H11Cl2N3O. The molecular weight excluding hydrogens is 321 g/mol. The topological polar surface area (TPSA) is 54.0 Å². The predicted octanol–water partition coefficient (Wildman–Crippen LogP) is 4.30. The first-order chi connectivity index (χ1) is 10.6. The molecule has 0 bridgehead atoms. The summed E-state index contributed by atoms with van der Waals surface area (Å²) < 4.78 is 0. The Labute approximate surface area is 137 Å². The van der Waals surface area contributed by atoms with Crippen molar-refractivity contribution in [3.63, 3.8) is 0 Å². The summed E-state index contributed by atoms with van der Waals surface area (Å²) in [6.45, 7) is 0. The first kappa shape index (κ1) is 14.6. The number of amides is 1. The fraction of sp³-hybridized carbons (Fsp3) is 0. The fourth-order valence-corrected chi connectivity index (χ4v) is 2.46. The number of hydrazine groups is 1. The van der Waals surface area contributed by atoms with Gasteiger partial charge in [0.15, 0.2) is 0 Å². The Morgan fingerprint density at radius 2 is 1.91 bits per heavy atom. The highest BCUT2D eigenvalue weighted by Crippen LogP contribution is 2.24. The van der Waals surface area contributed by atoms with Crippen LogP contribution in [-0.4, -0.2) is 10.9 Å². The van der Waals surface area contributed by atoms with E-state index in [1.807, 2.05) is 12.1 Å². The van der Waals surface area contributed by atoms with E-state index in [-0.39, 0.29) is 5.91 Å². The summed E-state index contributed by atoms with van der Waals surface area (Å²) in [5, 5.41) is 1.86. The summed E-state index contributed by atoms with van der Waals surface area (Å²) in [6, 6.07) is 14.0. The third-order valence-electron chi connectivity index (χ3n) is 3.11. The quantitative estimate of drug-likeness (QED) is 0.703. The third-order valence-corrected chi connectivity index (χ3v) is 3.65. The second-order valence-electron chi connectivity index (χ2n) is 4.61. The number of carbonyl (C=O) groups is 1. The van der Waals surface area contributed by atoms with Crippen LogP contribution in [0.25, 0.3) is 10.9 Å². The van der Waals surface area contributed by atoms with E-state index in [0.29, 0.717) is 21.3 Å². The van der Waals surface area contributed by atoms with E-state index in [4.69, 9.17) is 23.2 Å². The minimum atomic E-state index is -0.267. The summed E-state index contributed by atoms with van der Waals surface area (Å²) >= 11 is 11.9. The molecule has 0 atom stereocenters. The Morgan fingerprint density at radius 1 is 1.05 bits per heavy atom. The number of nitrogens with one attached hydrogen (secondary N) is 2. The van der Waals surface area contributed by atoms with Crippen LogP contribution >= 0.6 is 23.2 Å². The van der Waals surface area contributed by atoms with Crippen molar-refractivity contribution in [1.29, 1.82) is 0 Å². The van der Waals surface area contributed by atoms with Crippen molar-refractivity contribution in [2.24, 2.45) is 0 Å². The number of carbonyl (C=O) groups excluding carboxylic acids is 1. The third kappa shape index (κ3) is 3.13. The fourth-order valence-electron chi connectivity index (χ4n) is 2.00. The number of hydrogen-bond acceptors (Lipinski definition) is 3. The standard InChI is InChI=1S/C16H11Cl2N3O/c17-12-4-6-15(13(18)9-12)20-21-16(22)11-3-5-14-10(8-11)2-1-7-19-14/h1-9,20H,(H,21,22). The largest absolute Gasteiger partial charge is 0.297 e. The highest BCUT2D eigenvalue weighted by molar-refractivity contribution is 6.36. The van der Waals surface area contributed by atoms with E-state index >= 15 is 0 Å². The molecule has 2 aromatic carbocycles. The zero-order valence-corrected chi connectivity index (χ0v) is 12.8. The van der Waals surface area contributed by atoms with Gasteiger partial charge in [0.05, 0.1) is 16.2 Å². The van der Waals surface area contributed by atoms with Gasteiger partial charge in [-0.25, -0.2) is 0 Å². The van der Waals surface area contributed by atoms with Crippen LogP contribution in [0.1, 0.15) is 10.4 Å². The number of benzene rings is 2. The molecule has 3 rings (SSSR count). The first-order valence-corrected chi connectivity index (χ1v) is 7.25. The zero-order valence-electron chi connectivity index (χ0n) is 11.3. The molecule has 1 heterocycles. The maximum atomic E-state index is 12.2.